The Morgan fingerprint density at radius 2 is 2.25 bits per heavy atom. The van der Waals surface area contributed by atoms with Gasteiger partial charge in [-0.05, 0) is 25.0 Å². The second-order valence-electron chi connectivity index (χ2n) is 4.85. The van der Waals surface area contributed by atoms with Crippen LogP contribution in [0.5, 0.6) is 0 Å². The molecule has 0 amide bonds. The molecule has 0 saturated carbocycles. The van der Waals surface area contributed by atoms with E-state index in [1.807, 2.05) is 6.07 Å². The molecule has 1 aliphatic heterocycles. The van der Waals surface area contributed by atoms with Gasteiger partial charge in [0.2, 0.25) is 0 Å². The molecule has 2 aromatic rings. The number of imidazole rings is 1. The Labute approximate surface area is 120 Å². The molecule has 0 fully saturated rings. The van der Waals surface area contributed by atoms with Gasteiger partial charge in [0.1, 0.15) is 5.82 Å². The van der Waals surface area contributed by atoms with Gasteiger partial charge in [-0.25, -0.2) is 9.78 Å². The van der Waals surface area contributed by atoms with E-state index >= 15 is 0 Å². The fourth-order valence-corrected chi connectivity index (χ4v) is 2.75. The summed E-state index contributed by atoms with van der Waals surface area (Å²) in [4.78, 5) is 15.5. The minimum atomic E-state index is -1.04. The lowest BCUT2D eigenvalue weighted by molar-refractivity contribution is 0.0686. The van der Waals surface area contributed by atoms with Gasteiger partial charge in [-0.1, -0.05) is 23.7 Å². The van der Waals surface area contributed by atoms with E-state index in [1.165, 1.54) is 0 Å². The van der Waals surface area contributed by atoms with Crippen LogP contribution in [0.15, 0.2) is 24.3 Å². The van der Waals surface area contributed by atoms with Crippen molar-refractivity contribution in [2.75, 3.05) is 0 Å². The topological polar surface area (TPSA) is 75.3 Å². The van der Waals surface area contributed by atoms with Crippen molar-refractivity contribution in [1.82, 2.24) is 9.55 Å². The molecule has 1 aromatic carbocycles. The Hall–Kier alpha value is -1.85. The Morgan fingerprint density at radius 3 is 2.95 bits per heavy atom. The van der Waals surface area contributed by atoms with Gasteiger partial charge in [0.15, 0.2) is 5.69 Å². The predicted molar refractivity (Wildman–Crippen MR) is 74.0 cm³/mol. The van der Waals surface area contributed by atoms with Crippen LogP contribution in [0.2, 0.25) is 5.02 Å². The summed E-state index contributed by atoms with van der Waals surface area (Å²) in [7, 11) is 0. The van der Waals surface area contributed by atoms with Gasteiger partial charge in [-0.2, -0.15) is 0 Å². The van der Waals surface area contributed by atoms with Crippen molar-refractivity contribution >= 4 is 17.6 Å². The van der Waals surface area contributed by atoms with Crippen LogP contribution in [0.1, 0.15) is 22.6 Å². The molecule has 0 aliphatic carbocycles. The Bertz CT molecular complexity index is 681. The normalized spacial score (nSPS) is 17.8. The Kier molecular flexibility index (Phi) is 3.23. The number of aliphatic hydroxyl groups excluding tert-OH is 1. The van der Waals surface area contributed by atoms with Gasteiger partial charge >= 0.3 is 5.97 Å². The highest BCUT2D eigenvalue weighted by atomic mass is 35.5. The summed E-state index contributed by atoms with van der Waals surface area (Å²) < 4.78 is 1.78. The number of carboxylic acids is 1. The first kappa shape index (κ1) is 13.1. The molecule has 2 heterocycles. The van der Waals surface area contributed by atoms with Crippen LogP contribution in [0.25, 0.3) is 11.4 Å². The summed E-state index contributed by atoms with van der Waals surface area (Å²) in [5.41, 5.74) is 1.48. The van der Waals surface area contributed by atoms with Gasteiger partial charge in [0.05, 0.1) is 18.3 Å². The van der Waals surface area contributed by atoms with Crippen LogP contribution in [0.4, 0.5) is 0 Å². The molecule has 1 aromatic heterocycles. The van der Waals surface area contributed by atoms with Gasteiger partial charge in [-0.15, -0.1) is 0 Å². The summed E-state index contributed by atoms with van der Waals surface area (Å²) >= 11 is 5.97. The van der Waals surface area contributed by atoms with E-state index in [4.69, 9.17) is 11.6 Å². The van der Waals surface area contributed by atoms with Crippen molar-refractivity contribution in [3.8, 4) is 11.4 Å². The number of aromatic carboxylic acids is 1. The number of hydrogen-bond donors (Lipinski definition) is 2. The first-order valence-corrected chi connectivity index (χ1v) is 6.70. The highest BCUT2D eigenvalue weighted by Gasteiger charge is 2.27. The number of halogens is 1. The monoisotopic (exact) mass is 292 g/mol. The van der Waals surface area contributed by atoms with Crippen LogP contribution >= 0.6 is 11.6 Å². The van der Waals surface area contributed by atoms with E-state index in [9.17, 15) is 15.0 Å². The van der Waals surface area contributed by atoms with E-state index in [0.29, 0.717) is 35.9 Å². The number of carbonyl (C=O) groups is 1. The summed E-state index contributed by atoms with van der Waals surface area (Å²) in [5, 5.41) is 19.6. The minimum absolute atomic E-state index is 0.0619. The maximum Gasteiger partial charge on any atom is 0.356 e. The van der Waals surface area contributed by atoms with Crippen LogP contribution in [0, 0.1) is 0 Å². The molecule has 104 valence electrons. The van der Waals surface area contributed by atoms with E-state index in [1.54, 1.807) is 22.8 Å². The quantitative estimate of drug-likeness (QED) is 0.890. The number of nitrogens with zero attached hydrogens (tertiary/aromatic N) is 2. The average Bonchev–Trinajstić information content (AvgIpc) is 2.77. The zero-order valence-electron chi connectivity index (χ0n) is 10.6. The summed E-state index contributed by atoms with van der Waals surface area (Å²) in [6.45, 7) is 0.359. The fourth-order valence-electron chi connectivity index (χ4n) is 2.56. The van der Waals surface area contributed by atoms with E-state index in [0.717, 1.165) is 5.56 Å². The molecule has 0 bridgehead atoms. The van der Waals surface area contributed by atoms with Crippen LogP contribution in [0.3, 0.4) is 0 Å². The molecular weight excluding hydrogens is 280 g/mol. The molecule has 1 atom stereocenters. The van der Waals surface area contributed by atoms with Crippen molar-refractivity contribution in [2.45, 2.75) is 25.5 Å². The van der Waals surface area contributed by atoms with Crippen molar-refractivity contribution in [1.29, 1.82) is 0 Å². The highest BCUT2D eigenvalue weighted by Crippen LogP contribution is 2.29. The van der Waals surface area contributed by atoms with Crippen molar-refractivity contribution in [3.05, 3.63) is 40.7 Å². The standard InChI is InChI=1S/C14H13ClN2O3/c15-9-3-1-2-8(6-9)13-16-12(14(19)20)11-5-4-10(18)7-17(11)13/h1-3,6,10,18H,4-5,7H2,(H,19,20). The molecule has 5 nitrogen and oxygen atoms in total. The first-order valence-electron chi connectivity index (χ1n) is 6.33. The van der Waals surface area contributed by atoms with Gasteiger partial charge in [0.25, 0.3) is 0 Å². The SMILES string of the molecule is O=C(O)c1nc(-c2cccc(Cl)c2)n2c1CCC(O)C2. The molecule has 3 rings (SSSR count). The largest absolute Gasteiger partial charge is 0.476 e. The third-order valence-electron chi connectivity index (χ3n) is 3.47. The zero-order valence-corrected chi connectivity index (χ0v) is 11.3. The fraction of sp³-hybridized carbons (Fsp3) is 0.286. The number of hydrogen-bond acceptors (Lipinski definition) is 3. The lowest BCUT2D eigenvalue weighted by Crippen LogP contribution is -2.25. The van der Waals surface area contributed by atoms with E-state index < -0.39 is 12.1 Å². The number of aliphatic hydroxyl groups is 1. The minimum Gasteiger partial charge on any atom is -0.476 e. The van der Waals surface area contributed by atoms with Crippen molar-refractivity contribution in [2.24, 2.45) is 0 Å². The van der Waals surface area contributed by atoms with Crippen LogP contribution < -0.4 is 0 Å². The summed E-state index contributed by atoms with van der Waals surface area (Å²) in [5.74, 6) is -0.503. The van der Waals surface area contributed by atoms with Crippen LogP contribution in [-0.2, 0) is 13.0 Å². The second-order valence-corrected chi connectivity index (χ2v) is 5.29. The molecule has 1 unspecified atom stereocenters. The van der Waals surface area contributed by atoms with Crippen LogP contribution in [-0.4, -0.2) is 31.8 Å². The summed E-state index contributed by atoms with van der Waals surface area (Å²) in [6.07, 6.45) is 0.591. The molecule has 6 heteroatoms. The molecule has 20 heavy (non-hydrogen) atoms. The molecule has 1 aliphatic rings. The third-order valence-corrected chi connectivity index (χ3v) is 3.70. The molecule has 2 N–H and O–H groups in total. The lowest BCUT2D eigenvalue weighted by atomic mass is 10.1. The highest BCUT2D eigenvalue weighted by molar-refractivity contribution is 6.30. The lowest BCUT2D eigenvalue weighted by Gasteiger charge is -2.21. The number of benzene rings is 1. The summed E-state index contributed by atoms with van der Waals surface area (Å²) in [6, 6.07) is 7.11. The van der Waals surface area contributed by atoms with E-state index in [2.05, 4.69) is 4.98 Å². The maximum atomic E-state index is 11.3. The number of fused-ring (bicyclic) bond motifs is 1. The smallest absolute Gasteiger partial charge is 0.356 e. The van der Waals surface area contributed by atoms with E-state index in [-0.39, 0.29) is 5.69 Å². The van der Waals surface area contributed by atoms with Crippen molar-refractivity contribution < 1.29 is 15.0 Å². The second kappa shape index (κ2) is 4.92. The average molecular weight is 293 g/mol. The number of carboxylic acid groups (broad SMARTS) is 1. The Balaban J connectivity index is 2.18. The maximum absolute atomic E-state index is 11.3. The number of rotatable bonds is 2. The zero-order chi connectivity index (χ0) is 14.3. The first-order chi connectivity index (χ1) is 9.56. The predicted octanol–water partition coefficient (Wildman–Crippen LogP) is 2.21. The van der Waals surface area contributed by atoms with Gasteiger partial charge < -0.3 is 14.8 Å². The molecule has 0 radical (unpaired) electrons. The Morgan fingerprint density at radius 1 is 1.45 bits per heavy atom. The van der Waals surface area contributed by atoms with Gasteiger partial charge in [0, 0.05) is 10.6 Å². The third kappa shape index (κ3) is 2.19. The molecular formula is C14H13ClN2O3. The molecule has 0 spiro atoms. The van der Waals surface area contributed by atoms with Crippen molar-refractivity contribution in [3.63, 3.8) is 0 Å². The molecule has 0 saturated heterocycles. The van der Waals surface area contributed by atoms with Gasteiger partial charge in [-0.3, -0.25) is 0 Å². The number of aromatic nitrogens is 2.